The Morgan fingerprint density at radius 3 is 0.785 bits per heavy atom. The maximum absolute atomic E-state index is 12.9. The second-order valence-electron chi connectivity index (χ2n) is 21.6. The van der Waals surface area contributed by atoms with Gasteiger partial charge in [0.2, 0.25) is 0 Å². The molecule has 1 atom stereocenters. The third-order valence-electron chi connectivity index (χ3n) is 14.0. The Morgan fingerprint density at radius 1 is 0.266 bits per heavy atom. The summed E-state index contributed by atoms with van der Waals surface area (Å²) in [6.07, 6.45) is 92.1. The molecular weight excluding hydrogens is 973 g/mol. The molecule has 0 aromatic rings. The Balaban J connectivity index is 4.28. The van der Waals surface area contributed by atoms with E-state index in [4.69, 9.17) is 14.2 Å². The molecule has 450 valence electrons. The molecule has 0 amide bonds. The van der Waals surface area contributed by atoms with E-state index in [1.165, 1.54) is 128 Å². The van der Waals surface area contributed by atoms with E-state index < -0.39 is 6.10 Å². The highest BCUT2D eigenvalue weighted by Gasteiger charge is 2.19. The maximum Gasteiger partial charge on any atom is 0.306 e. The molecule has 0 aliphatic heterocycles. The summed E-state index contributed by atoms with van der Waals surface area (Å²) in [7, 11) is 0. The van der Waals surface area contributed by atoms with Crippen LogP contribution in [0.3, 0.4) is 0 Å². The molecule has 0 fully saturated rings. The minimum Gasteiger partial charge on any atom is -0.462 e. The van der Waals surface area contributed by atoms with Crippen molar-refractivity contribution in [2.75, 3.05) is 13.2 Å². The van der Waals surface area contributed by atoms with Gasteiger partial charge >= 0.3 is 17.9 Å². The van der Waals surface area contributed by atoms with Crippen molar-refractivity contribution in [2.24, 2.45) is 0 Å². The van der Waals surface area contributed by atoms with Crippen LogP contribution in [0.1, 0.15) is 303 Å². The predicted octanol–water partition coefficient (Wildman–Crippen LogP) is 22.8. The van der Waals surface area contributed by atoms with Crippen molar-refractivity contribution in [3.63, 3.8) is 0 Å². The zero-order valence-electron chi connectivity index (χ0n) is 51.6. The molecule has 0 saturated heterocycles. The number of rotatable bonds is 59. The number of carbonyl (C=O) groups is 3. The van der Waals surface area contributed by atoms with Gasteiger partial charge in [0.15, 0.2) is 6.10 Å². The van der Waals surface area contributed by atoms with Crippen molar-refractivity contribution in [3.8, 4) is 0 Å². The standard InChI is InChI=1S/C73H122O6/c1-4-7-10-13-16-19-22-24-26-28-30-31-32-33-34-35-36-37-38-39-40-41-42-43-44-46-47-49-51-54-57-60-63-66-72(75)78-69-70(68-77-71(74)65-62-59-56-53-21-18-15-12-9-6-3)79-73(76)67-64-61-58-55-52-50-48-45-29-27-25-23-20-17-14-11-8-5-2/h7,10,16,19,24,26-27,29-31,33-34,36-37,39-40,42-43,46-47,70H,4-6,8-9,11-15,17-18,20-23,25,28,32,35,38,41,44-45,48-69H2,1-3H3/b10-7-,19-16-,26-24-,29-27-,31-30-,34-33-,37-36-,40-39-,43-42-,47-46-. The molecule has 0 saturated carbocycles. The van der Waals surface area contributed by atoms with Crippen LogP contribution >= 0.6 is 0 Å². The summed E-state index contributed by atoms with van der Waals surface area (Å²) in [6, 6.07) is 0. The van der Waals surface area contributed by atoms with Crippen LogP contribution in [0, 0.1) is 0 Å². The van der Waals surface area contributed by atoms with Crippen LogP contribution < -0.4 is 0 Å². The van der Waals surface area contributed by atoms with E-state index in [0.29, 0.717) is 19.3 Å². The van der Waals surface area contributed by atoms with Crippen LogP contribution in [0.2, 0.25) is 0 Å². The summed E-state index contributed by atoms with van der Waals surface area (Å²) in [6.45, 7) is 6.51. The third-order valence-corrected chi connectivity index (χ3v) is 14.0. The quantitative estimate of drug-likeness (QED) is 0.0261. The molecule has 1 unspecified atom stereocenters. The molecule has 0 aliphatic rings. The topological polar surface area (TPSA) is 78.9 Å². The molecule has 0 aromatic heterocycles. The van der Waals surface area contributed by atoms with Crippen LogP contribution in [-0.2, 0) is 28.6 Å². The lowest BCUT2D eigenvalue weighted by Crippen LogP contribution is -2.30. The van der Waals surface area contributed by atoms with Crippen molar-refractivity contribution in [1.82, 2.24) is 0 Å². The third kappa shape index (κ3) is 64.5. The van der Waals surface area contributed by atoms with Gasteiger partial charge in [-0.3, -0.25) is 14.4 Å². The van der Waals surface area contributed by atoms with E-state index in [2.05, 4.69) is 142 Å². The Bertz CT molecular complexity index is 1640. The monoisotopic (exact) mass is 1090 g/mol. The summed E-state index contributed by atoms with van der Waals surface area (Å²) in [5.41, 5.74) is 0. The second kappa shape index (κ2) is 66.3. The maximum atomic E-state index is 12.9. The zero-order chi connectivity index (χ0) is 57.1. The average Bonchev–Trinajstić information content (AvgIpc) is 3.45. The summed E-state index contributed by atoms with van der Waals surface area (Å²) >= 11 is 0. The Kier molecular flexibility index (Phi) is 62.8. The smallest absolute Gasteiger partial charge is 0.306 e. The van der Waals surface area contributed by atoms with E-state index in [1.807, 2.05) is 0 Å². The fourth-order valence-corrected chi connectivity index (χ4v) is 9.02. The summed E-state index contributed by atoms with van der Waals surface area (Å²) < 4.78 is 16.9. The van der Waals surface area contributed by atoms with E-state index in [1.54, 1.807) is 0 Å². The molecule has 0 bridgehead atoms. The van der Waals surface area contributed by atoms with Gasteiger partial charge in [0, 0.05) is 19.3 Å². The van der Waals surface area contributed by atoms with Crippen LogP contribution in [0.15, 0.2) is 122 Å². The summed E-state index contributed by atoms with van der Waals surface area (Å²) in [5.74, 6) is -0.905. The number of ether oxygens (including phenoxy) is 3. The highest BCUT2D eigenvalue weighted by molar-refractivity contribution is 5.71. The molecule has 0 spiro atoms. The van der Waals surface area contributed by atoms with Gasteiger partial charge in [-0.15, -0.1) is 0 Å². The number of hydrogen-bond acceptors (Lipinski definition) is 6. The van der Waals surface area contributed by atoms with Crippen LogP contribution in [0.5, 0.6) is 0 Å². The number of unbranched alkanes of at least 4 members (excludes halogenated alkanes) is 28. The second-order valence-corrected chi connectivity index (χ2v) is 21.6. The van der Waals surface area contributed by atoms with Gasteiger partial charge in [-0.2, -0.15) is 0 Å². The van der Waals surface area contributed by atoms with Crippen LogP contribution in [-0.4, -0.2) is 37.2 Å². The van der Waals surface area contributed by atoms with Crippen LogP contribution in [0.25, 0.3) is 0 Å². The zero-order valence-corrected chi connectivity index (χ0v) is 51.6. The SMILES string of the molecule is CC/C=C\C/C=C\C/C=C\C/C=C\C/C=C\C/C=C\C/C=C\C/C=C\C/C=C\CCCCCCCC(=O)OCC(COC(=O)CCCCCCCCCCCC)OC(=O)CCCCCCCCC/C=C\CCCCCCCCC. The van der Waals surface area contributed by atoms with Crippen LogP contribution in [0.4, 0.5) is 0 Å². The van der Waals surface area contributed by atoms with Crippen molar-refractivity contribution >= 4 is 17.9 Å². The first-order chi connectivity index (χ1) is 39.0. The summed E-state index contributed by atoms with van der Waals surface area (Å²) in [5, 5.41) is 0. The lowest BCUT2D eigenvalue weighted by molar-refractivity contribution is -0.167. The Labute approximate surface area is 488 Å². The van der Waals surface area contributed by atoms with Gasteiger partial charge in [-0.05, 0) is 116 Å². The Hall–Kier alpha value is -4.19. The van der Waals surface area contributed by atoms with Gasteiger partial charge in [0.25, 0.3) is 0 Å². The van der Waals surface area contributed by atoms with E-state index >= 15 is 0 Å². The summed E-state index contributed by atoms with van der Waals surface area (Å²) in [4.78, 5) is 38.2. The van der Waals surface area contributed by atoms with E-state index in [9.17, 15) is 14.4 Å². The molecule has 0 rings (SSSR count). The van der Waals surface area contributed by atoms with Crippen molar-refractivity contribution < 1.29 is 28.6 Å². The fraction of sp³-hybridized carbons (Fsp3) is 0.685. The van der Waals surface area contributed by atoms with Gasteiger partial charge in [-0.25, -0.2) is 0 Å². The number of hydrogen-bond donors (Lipinski definition) is 0. The lowest BCUT2D eigenvalue weighted by Gasteiger charge is -2.18. The molecular formula is C73H122O6. The predicted molar refractivity (Wildman–Crippen MR) is 343 cm³/mol. The minimum atomic E-state index is -0.789. The van der Waals surface area contributed by atoms with E-state index in [0.717, 1.165) is 135 Å². The van der Waals surface area contributed by atoms with Crippen molar-refractivity contribution in [1.29, 1.82) is 0 Å². The number of carbonyl (C=O) groups excluding carboxylic acids is 3. The van der Waals surface area contributed by atoms with Gasteiger partial charge in [0.1, 0.15) is 13.2 Å². The fourth-order valence-electron chi connectivity index (χ4n) is 9.02. The first-order valence-electron chi connectivity index (χ1n) is 33.0. The van der Waals surface area contributed by atoms with Gasteiger partial charge in [-0.1, -0.05) is 290 Å². The molecule has 6 heteroatoms. The Morgan fingerprint density at radius 2 is 0.494 bits per heavy atom. The normalized spacial score (nSPS) is 12.9. The molecule has 0 aromatic carbocycles. The number of esters is 3. The first kappa shape index (κ1) is 74.8. The average molecular weight is 1100 g/mol. The first-order valence-corrected chi connectivity index (χ1v) is 33.0. The highest BCUT2D eigenvalue weighted by Crippen LogP contribution is 2.15. The lowest BCUT2D eigenvalue weighted by atomic mass is 10.1. The largest absolute Gasteiger partial charge is 0.462 e. The van der Waals surface area contributed by atoms with Gasteiger partial charge < -0.3 is 14.2 Å². The minimum absolute atomic E-state index is 0.0850. The molecule has 6 nitrogen and oxygen atoms in total. The molecule has 0 N–H and O–H groups in total. The molecule has 0 heterocycles. The van der Waals surface area contributed by atoms with Crippen molar-refractivity contribution in [3.05, 3.63) is 122 Å². The highest BCUT2D eigenvalue weighted by atomic mass is 16.6. The molecule has 79 heavy (non-hydrogen) atoms. The molecule has 0 aliphatic carbocycles. The van der Waals surface area contributed by atoms with Crippen molar-refractivity contribution in [2.45, 2.75) is 309 Å². The molecule has 0 radical (unpaired) electrons. The van der Waals surface area contributed by atoms with Gasteiger partial charge in [0.05, 0.1) is 0 Å². The van der Waals surface area contributed by atoms with E-state index in [-0.39, 0.29) is 31.1 Å². The number of allylic oxidation sites excluding steroid dienone is 20.